The Labute approximate surface area is 119 Å². The van der Waals surface area contributed by atoms with Crippen LogP contribution in [0.25, 0.3) is 22.2 Å². The van der Waals surface area contributed by atoms with E-state index in [2.05, 4.69) is 73.8 Å². The van der Waals surface area contributed by atoms with E-state index in [1.807, 2.05) is 6.07 Å². The van der Waals surface area contributed by atoms with Crippen molar-refractivity contribution in [3.63, 3.8) is 0 Å². The summed E-state index contributed by atoms with van der Waals surface area (Å²) in [5.74, 6) is 1.03. The van der Waals surface area contributed by atoms with Crippen molar-refractivity contribution in [1.29, 1.82) is 0 Å². The summed E-state index contributed by atoms with van der Waals surface area (Å²) in [6.07, 6.45) is 0. The zero-order valence-corrected chi connectivity index (χ0v) is 12.4. The molecule has 0 fully saturated rings. The molecule has 0 spiro atoms. The van der Waals surface area contributed by atoms with Gasteiger partial charge in [0.2, 0.25) is 0 Å². The van der Waals surface area contributed by atoms with Gasteiger partial charge in [-0.2, -0.15) is 0 Å². The van der Waals surface area contributed by atoms with Gasteiger partial charge in [-0.25, -0.2) is 4.57 Å². The van der Waals surface area contributed by atoms with E-state index in [0.717, 1.165) is 11.3 Å². The Morgan fingerprint density at radius 2 is 1.70 bits per heavy atom. The van der Waals surface area contributed by atoms with Crippen molar-refractivity contribution in [2.24, 2.45) is 7.05 Å². The monoisotopic (exact) mass is 263 g/mol. The number of benzene rings is 2. The van der Waals surface area contributed by atoms with Gasteiger partial charge in [0.05, 0.1) is 12.4 Å². The molecule has 2 heteroatoms. The molecule has 1 aromatic heterocycles. The smallest absolute Gasteiger partial charge is 0.230 e. The first-order valence-corrected chi connectivity index (χ1v) is 6.91. The van der Waals surface area contributed by atoms with Crippen molar-refractivity contribution in [1.82, 2.24) is 4.98 Å². The Balaban J connectivity index is 2.46. The number of para-hydroxylation sites is 1. The molecule has 0 atom stereocenters. The lowest BCUT2D eigenvalue weighted by Gasteiger charge is -2.11. The number of nitrogens with zero attached hydrogens (tertiary/aromatic N) is 2. The molecule has 20 heavy (non-hydrogen) atoms. The third-order valence-electron chi connectivity index (χ3n) is 3.91. The maximum Gasteiger partial charge on any atom is 0.296 e. The zero-order valence-electron chi connectivity index (χ0n) is 12.4. The second-order valence-electron chi connectivity index (χ2n) is 5.40. The highest BCUT2D eigenvalue weighted by Crippen LogP contribution is 2.28. The highest BCUT2D eigenvalue weighted by Gasteiger charge is 2.19. The number of hydrogen-bond acceptors (Lipinski definition) is 1. The fourth-order valence-electron chi connectivity index (χ4n) is 2.68. The molecule has 0 saturated carbocycles. The maximum absolute atomic E-state index is 4.68. The average molecular weight is 263 g/mol. The van der Waals surface area contributed by atoms with Gasteiger partial charge >= 0.3 is 0 Å². The number of fused-ring (bicyclic) bond motifs is 1. The molecule has 0 N–H and O–H groups in total. The fraction of sp³-hybridized carbons (Fsp3) is 0.222. The summed E-state index contributed by atoms with van der Waals surface area (Å²) >= 11 is 0. The minimum absolute atomic E-state index is 1.03. The summed E-state index contributed by atoms with van der Waals surface area (Å²) in [5.41, 5.74) is 6.16. The van der Waals surface area contributed by atoms with Gasteiger partial charge < -0.3 is 0 Å². The molecule has 0 radical (unpaired) electrons. The lowest BCUT2D eigenvalue weighted by atomic mass is 9.99. The predicted molar refractivity (Wildman–Crippen MR) is 82.6 cm³/mol. The fourth-order valence-corrected chi connectivity index (χ4v) is 2.68. The highest BCUT2D eigenvalue weighted by molar-refractivity contribution is 5.91. The van der Waals surface area contributed by atoms with Crippen LogP contribution in [-0.4, -0.2) is 4.98 Å². The van der Waals surface area contributed by atoms with E-state index in [1.54, 1.807) is 0 Å². The van der Waals surface area contributed by atoms with E-state index in [1.165, 1.54) is 27.8 Å². The second kappa shape index (κ2) is 4.71. The van der Waals surface area contributed by atoms with Gasteiger partial charge in [-0.05, 0) is 42.6 Å². The van der Waals surface area contributed by atoms with E-state index in [4.69, 9.17) is 0 Å². The van der Waals surface area contributed by atoms with Crippen LogP contribution in [0, 0.1) is 20.8 Å². The summed E-state index contributed by atoms with van der Waals surface area (Å²) in [6.45, 7) is 6.36. The first kappa shape index (κ1) is 12.8. The van der Waals surface area contributed by atoms with Crippen LogP contribution in [-0.2, 0) is 7.05 Å². The van der Waals surface area contributed by atoms with Crippen molar-refractivity contribution in [2.45, 2.75) is 20.8 Å². The molecule has 0 bridgehead atoms. The molecule has 0 aliphatic heterocycles. The lowest BCUT2D eigenvalue weighted by molar-refractivity contribution is -0.668. The molecule has 3 aromatic rings. The van der Waals surface area contributed by atoms with Crippen molar-refractivity contribution in [3.05, 3.63) is 59.4 Å². The summed E-state index contributed by atoms with van der Waals surface area (Å²) in [4.78, 5) is 4.68. The summed E-state index contributed by atoms with van der Waals surface area (Å²) in [7, 11) is 2.09. The minimum Gasteiger partial charge on any atom is -0.230 e. The Morgan fingerprint density at radius 3 is 2.50 bits per heavy atom. The molecule has 2 aromatic carbocycles. The van der Waals surface area contributed by atoms with Gasteiger partial charge in [0.15, 0.2) is 5.52 Å². The Hall–Kier alpha value is -2.22. The van der Waals surface area contributed by atoms with Crippen molar-refractivity contribution in [3.8, 4) is 11.3 Å². The molecule has 0 aliphatic rings. The standard InChI is InChI=1S/C18H19N2/c1-12-9-10-13(2)16(11-12)18-15-7-5-6-8-17(15)19-14(3)20(18)4/h5-11H,1-4H3/q+1. The predicted octanol–water partition coefficient (Wildman–Crippen LogP) is 3.65. The normalized spacial score (nSPS) is 11.0. The van der Waals surface area contributed by atoms with Gasteiger partial charge in [-0.3, -0.25) is 0 Å². The molecule has 0 aliphatic carbocycles. The second-order valence-corrected chi connectivity index (χ2v) is 5.40. The average Bonchev–Trinajstić information content (AvgIpc) is 2.43. The summed E-state index contributed by atoms with van der Waals surface area (Å²) in [5, 5.41) is 1.20. The first-order chi connectivity index (χ1) is 9.58. The Morgan fingerprint density at radius 1 is 0.950 bits per heavy atom. The zero-order chi connectivity index (χ0) is 14.3. The van der Waals surface area contributed by atoms with Gasteiger partial charge in [-0.15, -0.1) is 0 Å². The highest BCUT2D eigenvalue weighted by atomic mass is 15.0. The number of hydrogen-bond donors (Lipinski definition) is 0. The third kappa shape index (κ3) is 1.97. The third-order valence-corrected chi connectivity index (χ3v) is 3.91. The number of aryl methyl sites for hydroxylation is 3. The van der Waals surface area contributed by atoms with Gasteiger partial charge in [0, 0.05) is 12.5 Å². The molecule has 3 rings (SSSR count). The summed E-state index contributed by atoms with van der Waals surface area (Å²) in [6, 6.07) is 15.0. The SMILES string of the molecule is Cc1ccc(C)c(-c2c3ccccc3nc(C)[n+]2C)c1. The van der Waals surface area contributed by atoms with Crippen LogP contribution in [0.4, 0.5) is 0 Å². The van der Waals surface area contributed by atoms with Crippen LogP contribution in [0.15, 0.2) is 42.5 Å². The van der Waals surface area contributed by atoms with Gasteiger partial charge in [-0.1, -0.05) is 29.8 Å². The van der Waals surface area contributed by atoms with Crippen LogP contribution in [0.1, 0.15) is 17.0 Å². The quantitative estimate of drug-likeness (QED) is 0.612. The maximum atomic E-state index is 4.68. The molecule has 100 valence electrons. The van der Waals surface area contributed by atoms with Crippen molar-refractivity contribution < 1.29 is 4.57 Å². The van der Waals surface area contributed by atoms with Crippen LogP contribution < -0.4 is 4.57 Å². The van der Waals surface area contributed by atoms with E-state index in [-0.39, 0.29) is 0 Å². The largest absolute Gasteiger partial charge is 0.296 e. The van der Waals surface area contributed by atoms with Crippen LogP contribution >= 0.6 is 0 Å². The minimum atomic E-state index is 1.03. The Bertz CT molecular complexity index is 804. The summed E-state index contributed by atoms with van der Waals surface area (Å²) < 4.78 is 2.18. The lowest BCUT2D eigenvalue weighted by Crippen LogP contribution is -2.36. The van der Waals surface area contributed by atoms with E-state index < -0.39 is 0 Å². The Kier molecular flexibility index (Phi) is 3.01. The van der Waals surface area contributed by atoms with Crippen molar-refractivity contribution >= 4 is 10.9 Å². The van der Waals surface area contributed by atoms with Crippen molar-refractivity contribution in [2.75, 3.05) is 0 Å². The van der Waals surface area contributed by atoms with Gasteiger partial charge in [0.25, 0.3) is 5.82 Å². The van der Waals surface area contributed by atoms with E-state index in [0.29, 0.717) is 0 Å². The van der Waals surface area contributed by atoms with Crippen LogP contribution in [0.2, 0.25) is 0 Å². The molecule has 1 heterocycles. The molecule has 0 unspecified atom stereocenters. The topological polar surface area (TPSA) is 16.8 Å². The molecule has 0 amide bonds. The van der Waals surface area contributed by atoms with E-state index in [9.17, 15) is 0 Å². The number of rotatable bonds is 1. The van der Waals surface area contributed by atoms with Gasteiger partial charge in [0.1, 0.15) is 5.69 Å². The number of aromatic nitrogens is 2. The van der Waals surface area contributed by atoms with E-state index >= 15 is 0 Å². The van der Waals surface area contributed by atoms with Crippen LogP contribution in [0.3, 0.4) is 0 Å². The molecule has 0 saturated heterocycles. The molecular formula is C18H19N2+. The molecular weight excluding hydrogens is 244 g/mol. The van der Waals surface area contributed by atoms with Crippen LogP contribution in [0.5, 0.6) is 0 Å². The molecule has 2 nitrogen and oxygen atoms in total. The first-order valence-electron chi connectivity index (χ1n) is 6.91.